The van der Waals surface area contributed by atoms with Crippen molar-refractivity contribution in [1.29, 1.82) is 0 Å². The Balaban J connectivity index is 1.73. The van der Waals surface area contributed by atoms with E-state index in [2.05, 4.69) is 19.5 Å². The maximum atomic E-state index is 12.3. The van der Waals surface area contributed by atoms with Crippen molar-refractivity contribution in [3.05, 3.63) is 47.3 Å². The van der Waals surface area contributed by atoms with Crippen molar-refractivity contribution in [2.24, 2.45) is 0 Å². The molecule has 0 saturated heterocycles. The van der Waals surface area contributed by atoms with Gasteiger partial charge in [-0.2, -0.15) is 8.78 Å². The Hall–Kier alpha value is -1.93. The standard InChI is InChI=1S/C16H15F2N3OS2/c1-2-21-14(13-7-4-8-23-13)19-20-16(21)24-10-11-5-3-6-12(9-11)22-15(17)18/h3-9,15H,2,10H2,1H3. The lowest BCUT2D eigenvalue weighted by Crippen LogP contribution is -2.02. The molecule has 0 radical (unpaired) electrons. The van der Waals surface area contributed by atoms with Crippen LogP contribution in [0.2, 0.25) is 0 Å². The van der Waals surface area contributed by atoms with Gasteiger partial charge in [-0.15, -0.1) is 21.5 Å². The summed E-state index contributed by atoms with van der Waals surface area (Å²) in [4.78, 5) is 1.07. The molecule has 1 aromatic carbocycles. The topological polar surface area (TPSA) is 39.9 Å². The third kappa shape index (κ3) is 3.93. The second-order valence-corrected chi connectivity index (χ2v) is 6.73. The fraction of sp³-hybridized carbons (Fsp3) is 0.250. The molecule has 0 amide bonds. The van der Waals surface area contributed by atoms with E-state index in [1.165, 1.54) is 17.8 Å². The first-order valence-corrected chi connectivity index (χ1v) is 9.17. The Bertz CT molecular complexity index is 790. The second kappa shape index (κ2) is 7.76. The van der Waals surface area contributed by atoms with Crippen molar-refractivity contribution in [1.82, 2.24) is 14.8 Å². The summed E-state index contributed by atoms with van der Waals surface area (Å²) in [7, 11) is 0. The third-order valence-corrected chi connectivity index (χ3v) is 5.17. The van der Waals surface area contributed by atoms with Gasteiger partial charge in [0.2, 0.25) is 0 Å². The Morgan fingerprint density at radius 1 is 1.25 bits per heavy atom. The molecule has 0 N–H and O–H groups in total. The van der Waals surface area contributed by atoms with Crippen molar-refractivity contribution >= 4 is 23.1 Å². The molecule has 2 aromatic heterocycles. The smallest absolute Gasteiger partial charge is 0.387 e. The minimum absolute atomic E-state index is 0.166. The maximum Gasteiger partial charge on any atom is 0.387 e. The van der Waals surface area contributed by atoms with Gasteiger partial charge in [-0.3, -0.25) is 0 Å². The first-order chi connectivity index (χ1) is 11.7. The summed E-state index contributed by atoms with van der Waals surface area (Å²) < 4.78 is 31.1. The van der Waals surface area contributed by atoms with Crippen LogP contribution in [0.5, 0.6) is 5.75 Å². The maximum absolute atomic E-state index is 12.3. The summed E-state index contributed by atoms with van der Waals surface area (Å²) in [6.07, 6.45) is 0. The van der Waals surface area contributed by atoms with Crippen LogP contribution < -0.4 is 4.74 Å². The molecule has 0 atom stereocenters. The van der Waals surface area contributed by atoms with Gasteiger partial charge >= 0.3 is 6.61 Å². The highest BCUT2D eigenvalue weighted by molar-refractivity contribution is 7.98. The van der Waals surface area contributed by atoms with Gasteiger partial charge in [0.05, 0.1) is 4.88 Å². The van der Waals surface area contributed by atoms with Crippen LogP contribution in [0.4, 0.5) is 8.78 Å². The largest absolute Gasteiger partial charge is 0.435 e. The van der Waals surface area contributed by atoms with Gasteiger partial charge in [0.25, 0.3) is 0 Å². The van der Waals surface area contributed by atoms with E-state index in [9.17, 15) is 8.78 Å². The predicted octanol–water partition coefficient (Wildman–Crippen LogP) is 4.92. The van der Waals surface area contributed by atoms with Gasteiger partial charge < -0.3 is 9.30 Å². The number of rotatable bonds is 7. The molecular weight excluding hydrogens is 352 g/mol. The van der Waals surface area contributed by atoms with Gasteiger partial charge in [-0.1, -0.05) is 30.0 Å². The molecule has 24 heavy (non-hydrogen) atoms. The number of hydrogen-bond donors (Lipinski definition) is 0. The average molecular weight is 367 g/mol. The minimum atomic E-state index is -2.82. The minimum Gasteiger partial charge on any atom is -0.435 e. The van der Waals surface area contributed by atoms with Crippen LogP contribution in [0.1, 0.15) is 12.5 Å². The summed E-state index contributed by atoms with van der Waals surface area (Å²) in [5, 5.41) is 11.3. The fourth-order valence-corrected chi connectivity index (χ4v) is 3.89. The van der Waals surface area contributed by atoms with E-state index >= 15 is 0 Å². The lowest BCUT2D eigenvalue weighted by atomic mass is 10.2. The van der Waals surface area contributed by atoms with Gasteiger partial charge in [-0.05, 0) is 36.1 Å². The molecule has 3 aromatic rings. The molecule has 3 rings (SSSR count). The summed E-state index contributed by atoms with van der Waals surface area (Å²) in [5.41, 5.74) is 0.890. The van der Waals surface area contributed by atoms with Crippen LogP contribution in [0.3, 0.4) is 0 Å². The summed E-state index contributed by atoms with van der Waals surface area (Å²) in [6.45, 7) is -0.0110. The number of hydrogen-bond acceptors (Lipinski definition) is 5. The van der Waals surface area contributed by atoms with Gasteiger partial charge in [-0.25, -0.2) is 0 Å². The fourth-order valence-electron chi connectivity index (χ4n) is 2.23. The van der Waals surface area contributed by atoms with Crippen LogP contribution in [-0.4, -0.2) is 21.4 Å². The van der Waals surface area contributed by atoms with Gasteiger partial charge in [0.1, 0.15) is 5.75 Å². The van der Waals surface area contributed by atoms with E-state index in [1.807, 2.05) is 30.5 Å². The first-order valence-electron chi connectivity index (χ1n) is 7.31. The van der Waals surface area contributed by atoms with Gasteiger partial charge in [0, 0.05) is 12.3 Å². The average Bonchev–Trinajstić information content (AvgIpc) is 3.21. The molecule has 0 spiro atoms. The Morgan fingerprint density at radius 3 is 2.83 bits per heavy atom. The van der Waals surface area contributed by atoms with Crippen LogP contribution in [0, 0.1) is 0 Å². The van der Waals surface area contributed by atoms with Crippen molar-refractivity contribution in [3.8, 4) is 16.5 Å². The molecule has 8 heteroatoms. The molecular formula is C16H15F2N3OS2. The molecule has 0 aliphatic rings. The zero-order valence-electron chi connectivity index (χ0n) is 12.9. The third-order valence-electron chi connectivity index (χ3n) is 3.27. The van der Waals surface area contributed by atoms with E-state index < -0.39 is 6.61 Å². The van der Waals surface area contributed by atoms with Gasteiger partial charge in [0.15, 0.2) is 11.0 Å². The number of benzene rings is 1. The van der Waals surface area contributed by atoms with E-state index in [4.69, 9.17) is 0 Å². The second-order valence-electron chi connectivity index (χ2n) is 4.84. The number of nitrogens with zero attached hydrogens (tertiary/aromatic N) is 3. The number of thioether (sulfide) groups is 1. The van der Waals surface area contributed by atoms with Crippen LogP contribution in [0.15, 0.2) is 46.9 Å². The number of alkyl halides is 2. The number of halogens is 2. The SMILES string of the molecule is CCn1c(SCc2cccc(OC(F)F)c2)nnc1-c1cccs1. The Labute approximate surface area is 146 Å². The molecule has 0 aliphatic carbocycles. The summed E-state index contributed by atoms with van der Waals surface area (Å²) in [6, 6.07) is 10.7. The Kier molecular flexibility index (Phi) is 5.47. The highest BCUT2D eigenvalue weighted by atomic mass is 32.2. The number of thiophene rings is 1. The van der Waals surface area contributed by atoms with E-state index in [0.29, 0.717) is 5.75 Å². The molecule has 0 aliphatic heterocycles. The van der Waals surface area contributed by atoms with E-state index in [1.54, 1.807) is 23.5 Å². The molecule has 2 heterocycles. The number of aromatic nitrogens is 3. The summed E-state index contributed by atoms with van der Waals surface area (Å²) in [5.74, 6) is 1.62. The normalized spacial score (nSPS) is 11.2. The first kappa shape index (κ1) is 16.9. The molecule has 0 bridgehead atoms. The van der Waals surface area contributed by atoms with Crippen LogP contribution in [-0.2, 0) is 12.3 Å². The summed E-state index contributed by atoms with van der Waals surface area (Å²) >= 11 is 3.14. The number of ether oxygens (including phenoxy) is 1. The Morgan fingerprint density at radius 2 is 2.12 bits per heavy atom. The van der Waals surface area contributed by atoms with Crippen LogP contribution in [0.25, 0.3) is 10.7 Å². The lowest BCUT2D eigenvalue weighted by molar-refractivity contribution is -0.0498. The molecule has 126 valence electrons. The van der Waals surface area contributed by atoms with Crippen molar-refractivity contribution in [3.63, 3.8) is 0 Å². The highest BCUT2D eigenvalue weighted by Crippen LogP contribution is 2.29. The zero-order valence-corrected chi connectivity index (χ0v) is 14.5. The van der Waals surface area contributed by atoms with E-state index in [0.717, 1.165) is 28.0 Å². The van der Waals surface area contributed by atoms with Crippen molar-refractivity contribution < 1.29 is 13.5 Å². The highest BCUT2D eigenvalue weighted by Gasteiger charge is 2.14. The lowest BCUT2D eigenvalue weighted by Gasteiger charge is -2.08. The molecule has 0 saturated carbocycles. The monoisotopic (exact) mass is 367 g/mol. The van der Waals surface area contributed by atoms with Crippen molar-refractivity contribution in [2.45, 2.75) is 31.0 Å². The molecule has 0 unspecified atom stereocenters. The predicted molar refractivity (Wildman–Crippen MR) is 91.6 cm³/mol. The quantitative estimate of drug-likeness (QED) is 0.556. The van der Waals surface area contributed by atoms with Crippen molar-refractivity contribution in [2.75, 3.05) is 0 Å². The molecule has 0 fully saturated rings. The molecule has 4 nitrogen and oxygen atoms in total. The van der Waals surface area contributed by atoms with E-state index in [-0.39, 0.29) is 5.75 Å². The zero-order chi connectivity index (χ0) is 16.9. The van der Waals surface area contributed by atoms with Crippen LogP contribution >= 0.6 is 23.1 Å².